The number of nitrogens with zero attached hydrogens (tertiary/aromatic N) is 3. The van der Waals surface area contributed by atoms with Gasteiger partial charge in [0.05, 0.1) is 18.7 Å². The number of benzene rings is 1. The van der Waals surface area contributed by atoms with Crippen molar-refractivity contribution >= 4 is 23.4 Å². The predicted octanol–water partition coefficient (Wildman–Crippen LogP) is 3.43. The topological polar surface area (TPSA) is 87.6 Å². The molecule has 1 aromatic heterocycles. The van der Waals surface area contributed by atoms with E-state index in [1.165, 1.54) is 25.5 Å². The molecule has 0 unspecified atom stereocenters. The largest absolute Gasteiger partial charge is 0.495 e. The molecule has 1 spiro atoms. The summed E-state index contributed by atoms with van der Waals surface area (Å²) in [5, 5.41) is 13.1. The van der Waals surface area contributed by atoms with E-state index in [0.29, 0.717) is 40.9 Å². The van der Waals surface area contributed by atoms with Crippen molar-refractivity contribution in [1.29, 1.82) is 0 Å². The summed E-state index contributed by atoms with van der Waals surface area (Å²) >= 11 is 6.16. The van der Waals surface area contributed by atoms with E-state index >= 15 is 0 Å². The molecule has 1 saturated heterocycles. The van der Waals surface area contributed by atoms with Crippen molar-refractivity contribution in [1.82, 2.24) is 14.9 Å². The number of carbonyl (C=O) groups is 1. The highest BCUT2D eigenvalue weighted by molar-refractivity contribution is 6.32. The third kappa shape index (κ3) is 4.05. The smallest absolute Gasteiger partial charge is 0.341 e. The van der Waals surface area contributed by atoms with Gasteiger partial charge in [-0.15, -0.1) is 0 Å². The van der Waals surface area contributed by atoms with Crippen LogP contribution >= 0.6 is 11.6 Å². The van der Waals surface area contributed by atoms with E-state index in [2.05, 4.69) is 20.2 Å². The molecular formula is C20H23ClN4O3. The van der Waals surface area contributed by atoms with Crippen LogP contribution in [0.2, 0.25) is 5.02 Å². The highest BCUT2D eigenvalue weighted by atomic mass is 35.5. The number of hydrogen-bond acceptors (Lipinski definition) is 6. The molecule has 0 radical (unpaired) electrons. The van der Waals surface area contributed by atoms with Crippen LogP contribution in [0, 0.1) is 5.41 Å². The summed E-state index contributed by atoms with van der Waals surface area (Å²) in [4.78, 5) is 22.7. The quantitative estimate of drug-likeness (QED) is 0.733. The molecule has 4 rings (SSSR count). The SMILES string of the molecule is COc1ccc(CNc2nc(CN3CCC4(CC4)C3)ncc2C(=O)O)cc1Cl. The van der Waals surface area contributed by atoms with Gasteiger partial charge in [0, 0.05) is 19.3 Å². The van der Waals surface area contributed by atoms with Crippen LogP contribution in [-0.2, 0) is 13.1 Å². The van der Waals surface area contributed by atoms with Gasteiger partial charge in [-0.05, 0) is 48.9 Å². The average Bonchev–Trinajstić information content (AvgIpc) is 3.32. The Morgan fingerprint density at radius 1 is 1.39 bits per heavy atom. The zero-order chi connectivity index (χ0) is 19.7. The minimum Gasteiger partial charge on any atom is -0.495 e. The molecule has 148 valence electrons. The minimum atomic E-state index is -1.06. The molecule has 2 heterocycles. The third-order valence-corrected chi connectivity index (χ3v) is 5.88. The lowest BCUT2D eigenvalue weighted by atomic mass is 10.1. The van der Waals surface area contributed by atoms with Crippen molar-refractivity contribution in [2.75, 3.05) is 25.5 Å². The Labute approximate surface area is 168 Å². The van der Waals surface area contributed by atoms with Gasteiger partial charge in [0.2, 0.25) is 0 Å². The van der Waals surface area contributed by atoms with Crippen LogP contribution in [0.4, 0.5) is 5.82 Å². The first-order valence-electron chi connectivity index (χ1n) is 9.36. The summed E-state index contributed by atoms with van der Waals surface area (Å²) in [6, 6.07) is 5.44. The lowest BCUT2D eigenvalue weighted by Gasteiger charge is -2.16. The molecule has 7 nitrogen and oxygen atoms in total. The Bertz CT molecular complexity index is 901. The Morgan fingerprint density at radius 3 is 2.86 bits per heavy atom. The summed E-state index contributed by atoms with van der Waals surface area (Å²) < 4.78 is 5.16. The molecule has 2 aliphatic rings. The zero-order valence-electron chi connectivity index (χ0n) is 15.7. The number of methoxy groups -OCH3 is 1. The van der Waals surface area contributed by atoms with Crippen LogP contribution in [0.15, 0.2) is 24.4 Å². The lowest BCUT2D eigenvalue weighted by Crippen LogP contribution is -2.22. The minimum absolute atomic E-state index is 0.0587. The van der Waals surface area contributed by atoms with Gasteiger partial charge in [-0.3, -0.25) is 4.90 Å². The number of ether oxygens (including phenoxy) is 1. The van der Waals surface area contributed by atoms with Gasteiger partial charge in [-0.1, -0.05) is 17.7 Å². The summed E-state index contributed by atoms with van der Waals surface area (Å²) in [6.45, 7) is 3.18. The zero-order valence-corrected chi connectivity index (χ0v) is 16.5. The maximum atomic E-state index is 11.6. The van der Waals surface area contributed by atoms with Gasteiger partial charge in [0.25, 0.3) is 0 Å². The van der Waals surface area contributed by atoms with E-state index in [4.69, 9.17) is 16.3 Å². The third-order valence-electron chi connectivity index (χ3n) is 5.58. The summed E-state index contributed by atoms with van der Waals surface area (Å²) in [7, 11) is 1.56. The fourth-order valence-corrected chi connectivity index (χ4v) is 4.02. The highest BCUT2D eigenvalue weighted by Crippen LogP contribution is 2.52. The number of rotatable bonds is 7. The molecule has 0 bridgehead atoms. The van der Waals surface area contributed by atoms with E-state index < -0.39 is 5.97 Å². The van der Waals surface area contributed by atoms with E-state index in [0.717, 1.165) is 18.7 Å². The van der Waals surface area contributed by atoms with Crippen LogP contribution < -0.4 is 10.1 Å². The average molecular weight is 403 g/mol. The van der Waals surface area contributed by atoms with Gasteiger partial charge in [0.1, 0.15) is 23.0 Å². The molecule has 1 aromatic carbocycles. The van der Waals surface area contributed by atoms with Crippen molar-refractivity contribution in [3.05, 3.63) is 46.4 Å². The summed E-state index contributed by atoms with van der Waals surface area (Å²) in [5.74, 6) is 0.502. The Hall–Kier alpha value is -2.38. The molecule has 1 aliphatic carbocycles. The van der Waals surface area contributed by atoms with Crippen LogP contribution in [0.3, 0.4) is 0 Å². The molecule has 0 amide bonds. The van der Waals surface area contributed by atoms with Gasteiger partial charge < -0.3 is 15.2 Å². The van der Waals surface area contributed by atoms with Gasteiger partial charge in [-0.25, -0.2) is 14.8 Å². The maximum Gasteiger partial charge on any atom is 0.341 e. The monoisotopic (exact) mass is 402 g/mol. The molecule has 1 aliphatic heterocycles. The second-order valence-corrected chi connectivity index (χ2v) is 8.04. The van der Waals surface area contributed by atoms with Crippen molar-refractivity contribution in [2.24, 2.45) is 5.41 Å². The van der Waals surface area contributed by atoms with Crippen LogP contribution in [0.25, 0.3) is 0 Å². The number of aromatic nitrogens is 2. The highest BCUT2D eigenvalue weighted by Gasteiger charge is 2.47. The lowest BCUT2D eigenvalue weighted by molar-refractivity contribution is 0.0697. The first kappa shape index (κ1) is 19.0. The first-order chi connectivity index (χ1) is 13.5. The molecule has 1 saturated carbocycles. The first-order valence-corrected chi connectivity index (χ1v) is 9.74. The number of anilines is 1. The summed E-state index contributed by atoms with van der Waals surface area (Å²) in [5.41, 5.74) is 1.50. The van der Waals surface area contributed by atoms with Crippen LogP contribution in [-0.4, -0.2) is 46.1 Å². The molecular weight excluding hydrogens is 380 g/mol. The molecule has 2 aromatic rings. The molecule has 2 N–H and O–H groups in total. The molecule has 8 heteroatoms. The molecule has 28 heavy (non-hydrogen) atoms. The number of likely N-dealkylation sites (tertiary alicyclic amines) is 1. The van der Waals surface area contributed by atoms with E-state index in [-0.39, 0.29) is 5.56 Å². The second kappa shape index (κ2) is 7.56. The van der Waals surface area contributed by atoms with E-state index in [1.807, 2.05) is 6.07 Å². The Balaban J connectivity index is 1.47. The maximum absolute atomic E-state index is 11.6. The van der Waals surface area contributed by atoms with E-state index in [9.17, 15) is 9.90 Å². The van der Waals surface area contributed by atoms with Gasteiger partial charge in [0.15, 0.2) is 0 Å². The molecule has 0 atom stereocenters. The normalized spacial score (nSPS) is 17.6. The number of halogens is 1. The number of aromatic carboxylic acids is 1. The number of carboxylic acids is 1. The number of carboxylic acid groups (broad SMARTS) is 1. The molecule has 2 fully saturated rings. The van der Waals surface area contributed by atoms with Crippen molar-refractivity contribution in [2.45, 2.75) is 32.4 Å². The van der Waals surface area contributed by atoms with Crippen molar-refractivity contribution < 1.29 is 14.6 Å². The standard InChI is InChI=1S/C20H23ClN4O3/c1-28-16-3-2-13(8-15(16)21)9-23-18-14(19(26)27)10-22-17(24-18)11-25-7-6-20(12-25)4-5-20/h2-3,8,10H,4-7,9,11-12H2,1H3,(H,26,27)(H,22,23,24). The van der Waals surface area contributed by atoms with Crippen molar-refractivity contribution in [3.63, 3.8) is 0 Å². The fraction of sp³-hybridized carbons (Fsp3) is 0.450. The van der Waals surface area contributed by atoms with Gasteiger partial charge in [-0.2, -0.15) is 0 Å². The van der Waals surface area contributed by atoms with Crippen LogP contribution in [0.5, 0.6) is 5.75 Å². The van der Waals surface area contributed by atoms with Crippen molar-refractivity contribution in [3.8, 4) is 5.75 Å². The Kier molecular flexibility index (Phi) is 5.12. The van der Waals surface area contributed by atoms with Crippen LogP contribution in [0.1, 0.15) is 41.0 Å². The van der Waals surface area contributed by atoms with E-state index in [1.54, 1.807) is 19.2 Å². The Morgan fingerprint density at radius 2 is 2.21 bits per heavy atom. The number of nitrogens with one attached hydrogen (secondary N) is 1. The predicted molar refractivity (Wildman–Crippen MR) is 106 cm³/mol. The van der Waals surface area contributed by atoms with Gasteiger partial charge >= 0.3 is 5.97 Å². The fourth-order valence-electron chi connectivity index (χ4n) is 3.74. The second-order valence-electron chi connectivity index (χ2n) is 7.64. The number of hydrogen-bond donors (Lipinski definition) is 2. The summed E-state index contributed by atoms with van der Waals surface area (Å²) in [6.07, 6.45) is 5.26.